The highest BCUT2D eigenvalue weighted by molar-refractivity contribution is 5.94. The van der Waals surface area contributed by atoms with Gasteiger partial charge in [-0.3, -0.25) is 4.79 Å². The average molecular weight is 247 g/mol. The number of benzene rings is 1. The number of hydrogen-bond acceptors (Lipinski definition) is 3. The maximum Gasteiger partial charge on any atom is 0.253 e. The van der Waals surface area contributed by atoms with Crippen molar-refractivity contribution in [2.75, 3.05) is 45.2 Å². The molecular formula is C14H21N3O. The Kier molecular flexibility index (Phi) is 3.87. The molecule has 0 spiro atoms. The number of carbonyl (C=O) groups is 1. The van der Waals surface area contributed by atoms with Crippen LogP contribution in [0.15, 0.2) is 18.2 Å². The van der Waals surface area contributed by atoms with Gasteiger partial charge in [-0.2, -0.15) is 0 Å². The summed E-state index contributed by atoms with van der Waals surface area (Å²) in [5.74, 6) is 0.0601. The maximum absolute atomic E-state index is 11.9. The van der Waals surface area contributed by atoms with Crippen LogP contribution < -0.4 is 10.2 Å². The molecule has 1 amide bonds. The van der Waals surface area contributed by atoms with Gasteiger partial charge in [0.2, 0.25) is 0 Å². The molecule has 1 saturated heterocycles. The van der Waals surface area contributed by atoms with E-state index in [1.54, 1.807) is 19.0 Å². The smallest absolute Gasteiger partial charge is 0.253 e. The third-order valence-corrected chi connectivity index (χ3v) is 3.31. The minimum atomic E-state index is 0.0601. The summed E-state index contributed by atoms with van der Waals surface area (Å²) in [6.45, 7) is 6.18. The Balaban J connectivity index is 2.21. The fourth-order valence-corrected chi connectivity index (χ4v) is 2.31. The maximum atomic E-state index is 11.9. The summed E-state index contributed by atoms with van der Waals surface area (Å²) in [6.07, 6.45) is 0. The molecule has 0 aromatic heterocycles. The molecule has 0 atom stereocenters. The second-order valence-corrected chi connectivity index (χ2v) is 4.94. The number of aryl methyl sites for hydroxylation is 1. The molecule has 98 valence electrons. The molecule has 0 unspecified atom stereocenters. The molecule has 4 heteroatoms. The number of carbonyl (C=O) groups excluding carboxylic acids is 1. The number of nitrogens with one attached hydrogen (secondary N) is 1. The first-order valence-electron chi connectivity index (χ1n) is 6.37. The molecule has 0 saturated carbocycles. The Bertz CT molecular complexity index is 437. The predicted molar refractivity (Wildman–Crippen MR) is 74.3 cm³/mol. The van der Waals surface area contributed by atoms with Crippen LogP contribution >= 0.6 is 0 Å². The Hall–Kier alpha value is -1.55. The Morgan fingerprint density at radius 1 is 1.28 bits per heavy atom. The third-order valence-electron chi connectivity index (χ3n) is 3.31. The molecule has 1 N–H and O–H groups in total. The lowest BCUT2D eigenvalue weighted by Gasteiger charge is -2.31. The third kappa shape index (κ3) is 2.64. The molecule has 1 aliphatic heterocycles. The minimum Gasteiger partial charge on any atom is -0.369 e. The molecule has 0 radical (unpaired) electrons. The van der Waals surface area contributed by atoms with Crippen LogP contribution in [0.25, 0.3) is 0 Å². The normalized spacial score (nSPS) is 15.6. The minimum absolute atomic E-state index is 0.0601. The number of nitrogens with zero attached hydrogens (tertiary/aromatic N) is 2. The average Bonchev–Trinajstić information content (AvgIpc) is 2.38. The standard InChI is InChI=1S/C14H21N3O/c1-11-10-12(14(18)16(2)3)4-5-13(11)17-8-6-15-7-9-17/h4-5,10,15H,6-9H2,1-3H3. The van der Waals surface area contributed by atoms with Crippen molar-refractivity contribution in [3.05, 3.63) is 29.3 Å². The van der Waals surface area contributed by atoms with Gasteiger partial charge in [0.25, 0.3) is 5.91 Å². The molecule has 1 fully saturated rings. The van der Waals surface area contributed by atoms with Crippen molar-refractivity contribution in [2.45, 2.75) is 6.92 Å². The van der Waals surface area contributed by atoms with E-state index < -0.39 is 0 Å². The van der Waals surface area contributed by atoms with Crippen molar-refractivity contribution in [3.63, 3.8) is 0 Å². The summed E-state index contributed by atoms with van der Waals surface area (Å²) in [4.78, 5) is 15.9. The summed E-state index contributed by atoms with van der Waals surface area (Å²) in [6, 6.07) is 5.98. The van der Waals surface area contributed by atoms with E-state index in [2.05, 4.69) is 23.2 Å². The molecule has 1 heterocycles. The number of hydrogen-bond donors (Lipinski definition) is 1. The first kappa shape index (κ1) is 12.9. The van der Waals surface area contributed by atoms with E-state index in [4.69, 9.17) is 0 Å². The Morgan fingerprint density at radius 2 is 1.94 bits per heavy atom. The Labute approximate surface area is 109 Å². The molecule has 4 nitrogen and oxygen atoms in total. The van der Waals surface area contributed by atoms with E-state index in [0.717, 1.165) is 31.7 Å². The van der Waals surface area contributed by atoms with E-state index >= 15 is 0 Å². The monoisotopic (exact) mass is 247 g/mol. The van der Waals surface area contributed by atoms with Gasteiger partial charge >= 0.3 is 0 Å². The van der Waals surface area contributed by atoms with E-state index in [9.17, 15) is 4.79 Å². The van der Waals surface area contributed by atoms with Crippen LogP contribution in [0.1, 0.15) is 15.9 Å². The summed E-state index contributed by atoms with van der Waals surface area (Å²) in [5, 5.41) is 3.35. The van der Waals surface area contributed by atoms with Gasteiger partial charge < -0.3 is 15.1 Å². The quantitative estimate of drug-likeness (QED) is 0.850. The van der Waals surface area contributed by atoms with E-state index in [0.29, 0.717) is 0 Å². The largest absolute Gasteiger partial charge is 0.369 e. The fraction of sp³-hybridized carbons (Fsp3) is 0.500. The SMILES string of the molecule is Cc1cc(C(=O)N(C)C)ccc1N1CCNCC1. The highest BCUT2D eigenvalue weighted by Gasteiger charge is 2.14. The number of anilines is 1. The fourth-order valence-electron chi connectivity index (χ4n) is 2.31. The van der Waals surface area contributed by atoms with Crippen LogP contribution in [0.3, 0.4) is 0 Å². The Morgan fingerprint density at radius 3 is 2.50 bits per heavy atom. The van der Waals surface area contributed by atoms with Crippen molar-refractivity contribution in [1.29, 1.82) is 0 Å². The topological polar surface area (TPSA) is 35.6 Å². The van der Waals surface area contributed by atoms with Crippen LogP contribution in [0.2, 0.25) is 0 Å². The number of piperazine rings is 1. The van der Waals surface area contributed by atoms with Crippen molar-refractivity contribution >= 4 is 11.6 Å². The lowest BCUT2D eigenvalue weighted by atomic mass is 10.1. The zero-order valence-corrected chi connectivity index (χ0v) is 11.4. The van der Waals surface area contributed by atoms with Gasteiger partial charge in [0, 0.05) is 51.5 Å². The van der Waals surface area contributed by atoms with Crippen LogP contribution in [-0.2, 0) is 0 Å². The second kappa shape index (κ2) is 5.40. The van der Waals surface area contributed by atoms with Gasteiger partial charge in [-0.25, -0.2) is 0 Å². The highest BCUT2D eigenvalue weighted by Crippen LogP contribution is 2.22. The molecule has 2 rings (SSSR count). The van der Waals surface area contributed by atoms with Gasteiger partial charge in [0.15, 0.2) is 0 Å². The van der Waals surface area contributed by atoms with Crippen LogP contribution in [0, 0.1) is 6.92 Å². The molecule has 0 aliphatic carbocycles. The zero-order chi connectivity index (χ0) is 13.1. The van der Waals surface area contributed by atoms with E-state index in [1.807, 2.05) is 12.1 Å². The van der Waals surface area contributed by atoms with Crippen LogP contribution in [-0.4, -0.2) is 51.1 Å². The lowest BCUT2D eigenvalue weighted by Crippen LogP contribution is -2.43. The highest BCUT2D eigenvalue weighted by atomic mass is 16.2. The summed E-state index contributed by atoms with van der Waals surface area (Å²) >= 11 is 0. The molecule has 18 heavy (non-hydrogen) atoms. The van der Waals surface area contributed by atoms with Crippen LogP contribution in [0.5, 0.6) is 0 Å². The van der Waals surface area contributed by atoms with Crippen molar-refractivity contribution in [2.24, 2.45) is 0 Å². The van der Waals surface area contributed by atoms with E-state index in [1.165, 1.54) is 11.3 Å². The van der Waals surface area contributed by atoms with Gasteiger partial charge in [0.05, 0.1) is 0 Å². The summed E-state index contributed by atoms with van der Waals surface area (Å²) in [7, 11) is 3.56. The molecule has 1 aliphatic rings. The van der Waals surface area contributed by atoms with Crippen molar-refractivity contribution < 1.29 is 4.79 Å². The van der Waals surface area contributed by atoms with Gasteiger partial charge in [-0.1, -0.05) is 0 Å². The number of rotatable bonds is 2. The molecule has 0 bridgehead atoms. The molecular weight excluding hydrogens is 226 g/mol. The summed E-state index contributed by atoms with van der Waals surface area (Å²) < 4.78 is 0. The van der Waals surface area contributed by atoms with Crippen molar-refractivity contribution in [1.82, 2.24) is 10.2 Å². The zero-order valence-electron chi connectivity index (χ0n) is 11.4. The summed E-state index contributed by atoms with van der Waals surface area (Å²) in [5.41, 5.74) is 3.17. The number of amides is 1. The van der Waals surface area contributed by atoms with Crippen molar-refractivity contribution in [3.8, 4) is 0 Å². The van der Waals surface area contributed by atoms with Gasteiger partial charge in [0.1, 0.15) is 0 Å². The first-order chi connectivity index (χ1) is 8.59. The van der Waals surface area contributed by atoms with Gasteiger partial charge in [-0.05, 0) is 30.7 Å². The molecule has 1 aromatic carbocycles. The van der Waals surface area contributed by atoms with Crippen LogP contribution in [0.4, 0.5) is 5.69 Å². The van der Waals surface area contributed by atoms with Gasteiger partial charge in [-0.15, -0.1) is 0 Å². The first-order valence-corrected chi connectivity index (χ1v) is 6.37. The van der Waals surface area contributed by atoms with E-state index in [-0.39, 0.29) is 5.91 Å². The predicted octanol–water partition coefficient (Wildman–Crippen LogP) is 1.11. The lowest BCUT2D eigenvalue weighted by molar-refractivity contribution is 0.0827. The second-order valence-electron chi connectivity index (χ2n) is 4.94. The molecule has 1 aromatic rings.